The number of hydrogen-bond donors (Lipinski definition) is 3. The quantitative estimate of drug-likeness (QED) is 0.265. The molecule has 2 aromatic heterocycles. The van der Waals surface area contributed by atoms with Crippen molar-refractivity contribution in [2.75, 3.05) is 38.2 Å². The second kappa shape index (κ2) is 10.9. The number of hydrogen-bond acceptors (Lipinski definition) is 10. The first-order chi connectivity index (χ1) is 16.8. The van der Waals surface area contributed by atoms with E-state index in [1.807, 2.05) is 0 Å². The van der Waals surface area contributed by atoms with E-state index in [2.05, 4.69) is 30.6 Å². The van der Waals surface area contributed by atoms with Crippen molar-refractivity contribution in [1.29, 1.82) is 0 Å². The Balaban J connectivity index is 0.000000186. The highest BCUT2D eigenvalue weighted by atomic mass is 16.6. The van der Waals surface area contributed by atoms with Gasteiger partial charge in [-0.2, -0.15) is 5.10 Å². The number of nitrogens with one attached hydrogen (secondary N) is 1. The van der Waals surface area contributed by atoms with Crippen molar-refractivity contribution in [3.63, 3.8) is 0 Å². The predicted molar refractivity (Wildman–Crippen MR) is 123 cm³/mol. The number of quaternary nitrogens is 1. The minimum Gasteiger partial charge on any atom is -0.454 e. The molecular weight excluding hydrogens is 466 g/mol. The van der Waals surface area contributed by atoms with Gasteiger partial charge in [0.25, 0.3) is 11.4 Å². The maximum absolute atomic E-state index is 10.8. The molecule has 3 heterocycles. The molecule has 4 N–H and O–H groups in total. The van der Waals surface area contributed by atoms with Crippen LogP contribution in [0.3, 0.4) is 0 Å². The fourth-order valence-electron chi connectivity index (χ4n) is 3.50. The number of non-ortho nitro benzene ring substituents is 2. The Morgan fingerprint density at radius 3 is 2.14 bits per heavy atom. The molecule has 0 atom stereocenters. The van der Waals surface area contributed by atoms with Crippen LogP contribution in [0.2, 0.25) is 0 Å². The lowest BCUT2D eigenvalue weighted by molar-refractivity contribution is -0.655. The fraction of sp³-hybridized carbons (Fsp3) is 0.263. The number of aliphatic hydroxyl groups is 1. The summed E-state index contributed by atoms with van der Waals surface area (Å²) in [5.41, 5.74) is 0.992. The van der Waals surface area contributed by atoms with E-state index >= 15 is 0 Å². The number of nitrogens with two attached hydrogens (primary N) is 1. The number of nitrogens with zero attached hydrogens (tertiary/aromatic N) is 7. The zero-order valence-corrected chi connectivity index (χ0v) is 18.4. The molecular formula is C19H21N9O7. The Morgan fingerprint density at radius 1 is 0.943 bits per heavy atom. The number of nitro benzene ring substituents is 2. The van der Waals surface area contributed by atoms with Gasteiger partial charge in [0.1, 0.15) is 0 Å². The summed E-state index contributed by atoms with van der Waals surface area (Å²) in [5, 5.41) is 56.0. The number of rotatable bonds is 4. The minimum atomic E-state index is -0.723. The molecule has 2 aromatic carbocycles. The molecule has 184 valence electrons. The van der Waals surface area contributed by atoms with Gasteiger partial charge in [-0.05, 0) is 11.0 Å². The molecule has 35 heavy (non-hydrogen) atoms. The molecule has 0 unspecified atom stereocenters. The molecule has 16 nitrogen and oxygen atoms in total. The Labute approximate surface area is 196 Å². The van der Waals surface area contributed by atoms with Crippen LogP contribution in [-0.4, -0.2) is 68.5 Å². The van der Waals surface area contributed by atoms with Crippen LogP contribution in [0.4, 0.5) is 23.0 Å². The Hall–Kier alpha value is -4.70. The van der Waals surface area contributed by atoms with Crippen molar-refractivity contribution < 1.29 is 25.2 Å². The number of nitro groups is 3. The molecule has 16 heteroatoms. The zero-order valence-electron chi connectivity index (χ0n) is 18.4. The lowest BCUT2D eigenvalue weighted by Gasteiger charge is -2.25. The van der Waals surface area contributed by atoms with Crippen LogP contribution in [0.5, 0.6) is 0 Å². The SMILES string of the molecule is CO.O=[N+]([O-])c1ccc2[n-]nc([N+](=O)[O-])c2c1.O=[N+]([O-])c1ccc2[nH]nc(N3CC[NH2+]CC3)c2c1. The van der Waals surface area contributed by atoms with Gasteiger partial charge >= 0.3 is 5.82 Å². The summed E-state index contributed by atoms with van der Waals surface area (Å²) in [7, 11) is 1.00. The average molecular weight is 487 g/mol. The van der Waals surface area contributed by atoms with E-state index in [4.69, 9.17) is 5.11 Å². The summed E-state index contributed by atoms with van der Waals surface area (Å²) in [6, 6.07) is 8.43. The van der Waals surface area contributed by atoms with E-state index < -0.39 is 15.7 Å². The van der Waals surface area contributed by atoms with Crippen molar-refractivity contribution >= 4 is 44.8 Å². The second-order valence-corrected chi connectivity index (χ2v) is 7.13. The standard InChI is InChI=1S/C11H13N5O2.C7H3N4O4.CH4O/c17-16(18)8-1-2-10-9(7-8)11(14-13-10)15-5-3-12-4-6-15;12-10(13)4-1-2-6-5(3-4)7(9-8-6)11(14)15;1-2/h1-2,7,12H,3-6H2,(H,13,14);1-3H;2H,1H3/q;-1;/p+1. The minimum absolute atomic E-state index is 0.0780. The monoisotopic (exact) mass is 487 g/mol. The van der Waals surface area contributed by atoms with E-state index in [9.17, 15) is 30.3 Å². The first-order valence-corrected chi connectivity index (χ1v) is 10.2. The third kappa shape index (κ3) is 5.45. The number of aromatic amines is 1. The molecule has 0 aliphatic carbocycles. The van der Waals surface area contributed by atoms with Crippen LogP contribution < -0.4 is 15.3 Å². The molecule has 0 radical (unpaired) electrons. The molecule has 1 aliphatic heterocycles. The topological polar surface area (TPSA) is 225 Å². The van der Waals surface area contributed by atoms with Gasteiger partial charge in [-0.15, -0.1) is 5.10 Å². The van der Waals surface area contributed by atoms with Gasteiger partial charge < -0.3 is 30.5 Å². The Bertz CT molecular complexity index is 1360. The van der Waals surface area contributed by atoms with Crippen molar-refractivity contribution in [3.8, 4) is 0 Å². The third-order valence-electron chi connectivity index (χ3n) is 5.10. The molecule has 1 fully saturated rings. The van der Waals surface area contributed by atoms with Gasteiger partial charge in [0.2, 0.25) is 0 Å². The van der Waals surface area contributed by atoms with E-state index in [0.29, 0.717) is 0 Å². The number of H-pyrrole nitrogens is 1. The summed E-state index contributed by atoms with van der Waals surface area (Å²) in [5.74, 6) is 0.357. The van der Waals surface area contributed by atoms with Crippen LogP contribution in [0.15, 0.2) is 36.4 Å². The first-order valence-electron chi connectivity index (χ1n) is 10.2. The number of anilines is 1. The predicted octanol–water partition coefficient (Wildman–Crippen LogP) is 0.471. The van der Waals surface area contributed by atoms with E-state index in [1.165, 1.54) is 18.2 Å². The number of fused-ring (bicyclic) bond motifs is 2. The fourth-order valence-corrected chi connectivity index (χ4v) is 3.50. The molecule has 5 rings (SSSR count). The van der Waals surface area contributed by atoms with Crippen molar-refractivity contribution in [3.05, 3.63) is 66.7 Å². The summed E-state index contributed by atoms with van der Waals surface area (Å²) in [4.78, 5) is 32.2. The molecule has 1 aliphatic rings. The lowest BCUT2D eigenvalue weighted by atomic mass is 10.2. The number of aliphatic hydroxyl groups excluding tert-OH is 1. The highest BCUT2D eigenvalue weighted by Crippen LogP contribution is 2.28. The summed E-state index contributed by atoms with van der Waals surface area (Å²) in [6.45, 7) is 3.90. The van der Waals surface area contributed by atoms with Crippen molar-refractivity contribution in [2.45, 2.75) is 0 Å². The van der Waals surface area contributed by atoms with Crippen LogP contribution in [0.25, 0.3) is 21.8 Å². The highest BCUT2D eigenvalue weighted by molar-refractivity contribution is 5.92. The molecule has 0 spiro atoms. The van der Waals surface area contributed by atoms with Crippen molar-refractivity contribution in [2.24, 2.45) is 0 Å². The number of aromatic nitrogens is 4. The van der Waals surface area contributed by atoms with Crippen LogP contribution in [0, 0.1) is 30.3 Å². The third-order valence-corrected chi connectivity index (χ3v) is 5.10. The van der Waals surface area contributed by atoms with Crippen molar-refractivity contribution in [1.82, 2.24) is 20.4 Å². The van der Waals surface area contributed by atoms with Crippen LogP contribution >= 0.6 is 0 Å². The molecule has 0 amide bonds. The Morgan fingerprint density at radius 2 is 1.54 bits per heavy atom. The van der Waals surface area contributed by atoms with Gasteiger partial charge in [0.15, 0.2) is 5.82 Å². The normalized spacial score (nSPS) is 12.9. The van der Waals surface area contributed by atoms with Gasteiger partial charge in [-0.25, -0.2) is 0 Å². The smallest absolute Gasteiger partial charge is 0.355 e. The Kier molecular flexibility index (Phi) is 7.80. The highest BCUT2D eigenvalue weighted by Gasteiger charge is 2.19. The van der Waals surface area contributed by atoms with Gasteiger partial charge in [-0.1, -0.05) is 11.6 Å². The molecule has 0 bridgehead atoms. The maximum atomic E-state index is 10.8. The summed E-state index contributed by atoms with van der Waals surface area (Å²) >= 11 is 0. The van der Waals surface area contributed by atoms with E-state index in [1.54, 1.807) is 12.1 Å². The maximum Gasteiger partial charge on any atom is 0.355 e. The van der Waals surface area contributed by atoms with Crippen LogP contribution in [-0.2, 0) is 0 Å². The van der Waals surface area contributed by atoms with Gasteiger partial charge in [0, 0.05) is 31.4 Å². The zero-order chi connectivity index (χ0) is 25.5. The summed E-state index contributed by atoms with van der Waals surface area (Å²) < 4.78 is 0. The molecule has 1 saturated heterocycles. The molecule has 0 saturated carbocycles. The second-order valence-electron chi connectivity index (χ2n) is 7.13. The summed E-state index contributed by atoms with van der Waals surface area (Å²) in [6.07, 6.45) is 0. The average Bonchev–Trinajstić information content (AvgIpc) is 3.49. The number of piperazine rings is 1. The first kappa shape index (κ1) is 24.9. The molecule has 4 aromatic rings. The van der Waals surface area contributed by atoms with Gasteiger partial charge in [0.05, 0.1) is 52.3 Å². The van der Waals surface area contributed by atoms with Gasteiger partial charge in [-0.3, -0.25) is 25.3 Å². The van der Waals surface area contributed by atoms with Crippen LogP contribution in [0.1, 0.15) is 0 Å². The number of benzene rings is 2. The largest absolute Gasteiger partial charge is 0.454 e. The van der Waals surface area contributed by atoms with E-state index in [-0.39, 0.29) is 27.2 Å². The van der Waals surface area contributed by atoms with E-state index in [0.717, 1.165) is 56.1 Å². The lowest BCUT2D eigenvalue weighted by Crippen LogP contribution is -2.89.